The number of imide groups is 1. The van der Waals surface area contributed by atoms with E-state index in [0.29, 0.717) is 18.5 Å². The molecule has 104 valence electrons. The fourth-order valence-electron chi connectivity index (χ4n) is 2.12. The number of carbonyl (C=O) groups is 2. The predicted molar refractivity (Wildman–Crippen MR) is 71.3 cm³/mol. The van der Waals surface area contributed by atoms with Gasteiger partial charge in [-0.05, 0) is 6.42 Å². The molecular formula is C12H12N4O3S. The Kier molecular flexibility index (Phi) is 3.23. The first-order chi connectivity index (χ1) is 9.69. The van der Waals surface area contributed by atoms with E-state index in [4.69, 9.17) is 4.74 Å². The standard InChI is InChI=1S/C12H12N4O3S/c1-19-10-6-20-5-7(10)8-4-16(15-14-8)9-2-3-11(17)13-12(9)18/h4-6,9H,2-3H2,1H3,(H,13,17,18)/t9-/m0/s1. The van der Waals surface area contributed by atoms with Crippen molar-refractivity contribution in [2.24, 2.45) is 0 Å². The highest BCUT2D eigenvalue weighted by Crippen LogP contribution is 2.32. The first-order valence-corrected chi connectivity index (χ1v) is 6.99. The number of aromatic nitrogens is 3. The summed E-state index contributed by atoms with van der Waals surface area (Å²) in [5.41, 5.74) is 1.49. The molecule has 2 amide bonds. The third kappa shape index (κ3) is 2.18. The minimum absolute atomic E-state index is 0.244. The van der Waals surface area contributed by atoms with E-state index in [1.54, 1.807) is 13.3 Å². The Balaban J connectivity index is 1.87. The summed E-state index contributed by atoms with van der Waals surface area (Å²) >= 11 is 1.51. The molecule has 1 atom stereocenters. The van der Waals surface area contributed by atoms with E-state index in [1.807, 2.05) is 10.8 Å². The second-order valence-electron chi connectivity index (χ2n) is 4.40. The number of amides is 2. The van der Waals surface area contributed by atoms with Crippen LogP contribution in [0.1, 0.15) is 18.9 Å². The number of ether oxygens (including phenoxy) is 1. The zero-order valence-electron chi connectivity index (χ0n) is 10.7. The minimum atomic E-state index is -0.487. The zero-order chi connectivity index (χ0) is 14.1. The van der Waals surface area contributed by atoms with Crippen LogP contribution >= 0.6 is 11.3 Å². The van der Waals surface area contributed by atoms with Gasteiger partial charge in [0, 0.05) is 17.2 Å². The third-order valence-electron chi connectivity index (χ3n) is 3.16. The topological polar surface area (TPSA) is 86.1 Å². The van der Waals surface area contributed by atoms with Crippen molar-refractivity contribution in [1.29, 1.82) is 0 Å². The van der Waals surface area contributed by atoms with Gasteiger partial charge in [0.1, 0.15) is 17.5 Å². The molecule has 7 nitrogen and oxygen atoms in total. The molecule has 3 rings (SSSR count). The van der Waals surface area contributed by atoms with Gasteiger partial charge in [0.2, 0.25) is 5.91 Å². The molecule has 1 aliphatic rings. The molecule has 0 aromatic carbocycles. The van der Waals surface area contributed by atoms with Crippen LogP contribution in [0, 0.1) is 0 Å². The number of piperidine rings is 1. The monoisotopic (exact) mass is 292 g/mol. The Morgan fingerprint density at radius 1 is 1.45 bits per heavy atom. The van der Waals surface area contributed by atoms with Crippen molar-refractivity contribution in [2.45, 2.75) is 18.9 Å². The smallest absolute Gasteiger partial charge is 0.251 e. The van der Waals surface area contributed by atoms with Gasteiger partial charge >= 0.3 is 0 Å². The summed E-state index contributed by atoms with van der Waals surface area (Å²) in [7, 11) is 1.59. The number of hydrogen-bond donors (Lipinski definition) is 1. The fraction of sp³-hybridized carbons (Fsp3) is 0.333. The molecule has 0 bridgehead atoms. The molecule has 0 unspecified atom stereocenters. The lowest BCUT2D eigenvalue weighted by molar-refractivity contribution is -0.136. The second-order valence-corrected chi connectivity index (χ2v) is 5.15. The summed E-state index contributed by atoms with van der Waals surface area (Å²) in [5.74, 6) is 0.145. The number of rotatable bonds is 3. The summed E-state index contributed by atoms with van der Waals surface area (Å²) in [6, 6.07) is -0.487. The molecule has 2 aromatic heterocycles. The molecule has 1 aliphatic heterocycles. The number of nitrogens with zero attached hydrogens (tertiary/aromatic N) is 3. The lowest BCUT2D eigenvalue weighted by Gasteiger charge is -2.20. The molecular weight excluding hydrogens is 280 g/mol. The maximum Gasteiger partial charge on any atom is 0.251 e. The third-order valence-corrected chi connectivity index (χ3v) is 3.88. The van der Waals surface area contributed by atoms with Gasteiger partial charge in [-0.15, -0.1) is 16.4 Å². The zero-order valence-corrected chi connectivity index (χ0v) is 11.5. The molecule has 0 aliphatic carbocycles. The van der Waals surface area contributed by atoms with Crippen molar-refractivity contribution < 1.29 is 14.3 Å². The number of nitrogens with one attached hydrogen (secondary N) is 1. The van der Waals surface area contributed by atoms with E-state index in [2.05, 4.69) is 15.6 Å². The van der Waals surface area contributed by atoms with Crippen LogP contribution < -0.4 is 10.1 Å². The van der Waals surface area contributed by atoms with Crippen molar-refractivity contribution in [3.63, 3.8) is 0 Å². The van der Waals surface area contributed by atoms with E-state index in [0.717, 1.165) is 11.3 Å². The average molecular weight is 292 g/mol. The van der Waals surface area contributed by atoms with Gasteiger partial charge in [0.15, 0.2) is 0 Å². The fourth-order valence-corrected chi connectivity index (χ4v) is 2.90. The molecule has 1 N–H and O–H groups in total. The molecule has 2 aromatic rings. The van der Waals surface area contributed by atoms with Crippen LogP contribution in [0.15, 0.2) is 17.0 Å². The largest absolute Gasteiger partial charge is 0.495 e. The van der Waals surface area contributed by atoms with E-state index < -0.39 is 6.04 Å². The summed E-state index contributed by atoms with van der Waals surface area (Å²) in [5, 5.41) is 14.2. The second kappa shape index (κ2) is 5.04. The van der Waals surface area contributed by atoms with Crippen LogP contribution in [0.2, 0.25) is 0 Å². The quantitative estimate of drug-likeness (QED) is 0.853. The van der Waals surface area contributed by atoms with E-state index >= 15 is 0 Å². The summed E-state index contributed by atoms with van der Waals surface area (Å²) in [6.45, 7) is 0. The Morgan fingerprint density at radius 2 is 2.30 bits per heavy atom. The van der Waals surface area contributed by atoms with Gasteiger partial charge in [0.25, 0.3) is 5.91 Å². The van der Waals surface area contributed by atoms with Crippen LogP contribution in [0.4, 0.5) is 0 Å². The maximum absolute atomic E-state index is 11.8. The van der Waals surface area contributed by atoms with Crippen LogP contribution in [0.5, 0.6) is 5.75 Å². The van der Waals surface area contributed by atoms with Gasteiger partial charge in [-0.3, -0.25) is 14.9 Å². The van der Waals surface area contributed by atoms with Crippen LogP contribution in [-0.4, -0.2) is 33.9 Å². The molecule has 8 heteroatoms. The van der Waals surface area contributed by atoms with E-state index in [9.17, 15) is 9.59 Å². The van der Waals surface area contributed by atoms with Crippen LogP contribution in [0.3, 0.4) is 0 Å². The maximum atomic E-state index is 11.8. The molecule has 0 radical (unpaired) electrons. The lowest BCUT2D eigenvalue weighted by atomic mass is 10.1. The average Bonchev–Trinajstić information content (AvgIpc) is 3.06. The van der Waals surface area contributed by atoms with E-state index in [-0.39, 0.29) is 11.8 Å². The Labute approximate surface area is 118 Å². The van der Waals surface area contributed by atoms with Gasteiger partial charge in [0.05, 0.1) is 18.9 Å². The first kappa shape index (κ1) is 12.8. The lowest BCUT2D eigenvalue weighted by Crippen LogP contribution is -2.41. The summed E-state index contributed by atoms with van der Waals surface area (Å²) in [6.07, 6.45) is 2.45. The van der Waals surface area contributed by atoms with Crippen molar-refractivity contribution >= 4 is 23.2 Å². The van der Waals surface area contributed by atoms with Gasteiger partial charge < -0.3 is 4.74 Å². The first-order valence-electron chi connectivity index (χ1n) is 6.05. The van der Waals surface area contributed by atoms with Crippen molar-refractivity contribution in [1.82, 2.24) is 20.3 Å². The highest BCUT2D eigenvalue weighted by atomic mass is 32.1. The van der Waals surface area contributed by atoms with Crippen molar-refractivity contribution in [3.05, 3.63) is 17.0 Å². The number of hydrogen-bond acceptors (Lipinski definition) is 6. The highest BCUT2D eigenvalue weighted by molar-refractivity contribution is 7.08. The molecule has 0 saturated carbocycles. The summed E-state index contributed by atoms with van der Waals surface area (Å²) in [4.78, 5) is 22.9. The van der Waals surface area contributed by atoms with Crippen LogP contribution in [0.25, 0.3) is 11.3 Å². The molecule has 0 spiro atoms. The number of thiophene rings is 1. The normalized spacial score (nSPS) is 18.9. The molecule has 20 heavy (non-hydrogen) atoms. The summed E-state index contributed by atoms with van der Waals surface area (Å²) < 4.78 is 6.73. The van der Waals surface area contributed by atoms with Gasteiger partial charge in [-0.2, -0.15) is 0 Å². The Hall–Kier alpha value is -2.22. The molecule has 1 saturated heterocycles. The highest BCUT2D eigenvalue weighted by Gasteiger charge is 2.29. The minimum Gasteiger partial charge on any atom is -0.495 e. The van der Waals surface area contributed by atoms with Crippen molar-refractivity contribution in [3.8, 4) is 17.0 Å². The van der Waals surface area contributed by atoms with Crippen molar-refractivity contribution in [2.75, 3.05) is 7.11 Å². The SMILES string of the molecule is COc1cscc1-c1cn([C@H]2CCC(=O)NC2=O)nn1. The number of methoxy groups -OCH3 is 1. The van der Waals surface area contributed by atoms with Crippen LogP contribution in [-0.2, 0) is 9.59 Å². The predicted octanol–water partition coefficient (Wildman–Crippen LogP) is 0.993. The van der Waals surface area contributed by atoms with Gasteiger partial charge in [-0.25, -0.2) is 4.68 Å². The Morgan fingerprint density at radius 3 is 3.05 bits per heavy atom. The van der Waals surface area contributed by atoms with E-state index in [1.165, 1.54) is 16.0 Å². The number of carbonyl (C=O) groups excluding carboxylic acids is 2. The molecule has 1 fully saturated rings. The van der Waals surface area contributed by atoms with Gasteiger partial charge in [-0.1, -0.05) is 5.21 Å². The Bertz CT molecular complexity index is 663. The molecule has 3 heterocycles.